The van der Waals surface area contributed by atoms with Crippen molar-refractivity contribution in [2.75, 3.05) is 5.32 Å². The number of aryl methyl sites for hydroxylation is 1. The number of halogens is 1. The van der Waals surface area contributed by atoms with Crippen LogP contribution in [0.4, 0.5) is 11.4 Å². The van der Waals surface area contributed by atoms with E-state index in [0.29, 0.717) is 16.4 Å². The van der Waals surface area contributed by atoms with Crippen LogP contribution >= 0.6 is 22.9 Å². The molecule has 0 aliphatic heterocycles. The fraction of sp³-hybridized carbons (Fsp3) is 0.111. The molecule has 8 heteroatoms. The number of amides is 1. The van der Waals surface area contributed by atoms with Gasteiger partial charge in [0, 0.05) is 28.1 Å². The summed E-state index contributed by atoms with van der Waals surface area (Å²) in [5.74, 6) is -0.276. The van der Waals surface area contributed by atoms with Crippen molar-refractivity contribution in [1.29, 1.82) is 0 Å². The van der Waals surface area contributed by atoms with Crippen molar-refractivity contribution in [2.45, 2.75) is 13.3 Å². The number of rotatable bonds is 5. The Balaban J connectivity index is 1.70. The van der Waals surface area contributed by atoms with Crippen LogP contribution in [0.15, 0.2) is 47.8 Å². The zero-order chi connectivity index (χ0) is 18.7. The SMILES string of the molecule is Cc1ccc([N+](=O)[O-])cc1NC(=O)Cc1csc(-c2ccc(Cl)cc2)n1. The largest absolute Gasteiger partial charge is 0.325 e. The van der Waals surface area contributed by atoms with Gasteiger partial charge >= 0.3 is 0 Å². The summed E-state index contributed by atoms with van der Waals surface area (Å²) in [5, 5.41) is 16.9. The number of hydrogen-bond acceptors (Lipinski definition) is 5. The van der Waals surface area contributed by atoms with Gasteiger partial charge in [-0.3, -0.25) is 14.9 Å². The fourth-order valence-corrected chi connectivity index (χ4v) is 3.28. The van der Waals surface area contributed by atoms with Gasteiger partial charge in [-0.05, 0) is 24.6 Å². The third kappa shape index (κ3) is 4.25. The van der Waals surface area contributed by atoms with E-state index < -0.39 is 4.92 Å². The maximum absolute atomic E-state index is 12.3. The number of carbonyl (C=O) groups is 1. The fourth-order valence-electron chi connectivity index (χ4n) is 2.33. The van der Waals surface area contributed by atoms with Gasteiger partial charge in [0.2, 0.25) is 5.91 Å². The smallest absolute Gasteiger partial charge is 0.271 e. The van der Waals surface area contributed by atoms with E-state index in [1.807, 2.05) is 17.5 Å². The molecule has 0 saturated heterocycles. The normalized spacial score (nSPS) is 10.5. The van der Waals surface area contributed by atoms with Gasteiger partial charge in [0.05, 0.1) is 22.7 Å². The number of benzene rings is 2. The van der Waals surface area contributed by atoms with Gasteiger partial charge in [0.1, 0.15) is 5.01 Å². The third-order valence-electron chi connectivity index (χ3n) is 3.69. The molecule has 0 atom stereocenters. The first kappa shape index (κ1) is 18.0. The highest BCUT2D eigenvalue weighted by atomic mass is 35.5. The van der Waals surface area contributed by atoms with Gasteiger partial charge in [-0.15, -0.1) is 11.3 Å². The zero-order valence-electron chi connectivity index (χ0n) is 13.7. The summed E-state index contributed by atoms with van der Waals surface area (Å²) in [6.45, 7) is 1.78. The maximum Gasteiger partial charge on any atom is 0.271 e. The predicted octanol–water partition coefficient (Wildman–Crippen LogP) is 4.86. The minimum atomic E-state index is -0.492. The molecule has 2 aromatic carbocycles. The highest BCUT2D eigenvalue weighted by molar-refractivity contribution is 7.13. The third-order valence-corrected chi connectivity index (χ3v) is 4.88. The van der Waals surface area contributed by atoms with Crippen LogP contribution in [0, 0.1) is 17.0 Å². The number of nitro benzene ring substituents is 1. The Kier molecular flexibility index (Phi) is 5.29. The Hall–Kier alpha value is -2.77. The van der Waals surface area contributed by atoms with Gasteiger partial charge in [-0.1, -0.05) is 29.8 Å². The van der Waals surface area contributed by atoms with Crippen LogP contribution in [0.2, 0.25) is 5.02 Å². The van der Waals surface area contributed by atoms with Crippen LogP contribution in [0.25, 0.3) is 10.6 Å². The number of nitrogens with zero attached hydrogens (tertiary/aromatic N) is 2. The van der Waals surface area contributed by atoms with E-state index in [1.54, 1.807) is 25.1 Å². The van der Waals surface area contributed by atoms with Crippen LogP contribution in [0.5, 0.6) is 0 Å². The first-order chi connectivity index (χ1) is 12.4. The molecule has 3 aromatic rings. The number of nitrogens with one attached hydrogen (secondary N) is 1. The predicted molar refractivity (Wildman–Crippen MR) is 103 cm³/mol. The molecule has 3 rings (SSSR count). The summed E-state index contributed by atoms with van der Waals surface area (Å²) in [5.41, 5.74) is 2.69. The van der Waals surface area contributed by atoms with Gasteiger partial charge < -0.3 is 5.32 Å². The van der Waals surface area contributed by atoms with Crippen LogP contribution in [0.3, 0.4) is 0 Å². The molecule has 0 aliphatic carbocycles. The van der Waals surface area contributed by atoms with Crippen LogP contribution in [-0.2, 0) is 11.2 Å². The van der Waals surface area contributed by atoms with Gasteiger partial charge in [0.15, 0.2) is 0 Å². The quantitative estimate of drug-likeness (QED) is 0.500. The number of thiazole rings is 1. The number of non-ortho nitro benzene ring substituents is 1. The topological polar surface area (TPSA) is 85.1 Å². The number of aromatic nitrogens is 1. The second kappa shape index (κ2) is 7.63. The number of nitro groups is 1. The Morgan fingerprint density at radius 2 is 2.00 bits per heavy atom. The van der Waals surface area contributed by atoms with E-state index in [9.17, 15) is 14.9 Å². The monoisotopic (exact) mass is 387 g/mol. The first-order valence-electron chi connectivity index (χ1n) is 7.67. The molecular weight excluding hydrogens is 374 g/mol. The molecule has 0 bridgehead atoms. The molecule has 0 unspecified atom stereocenters. The molecule has 1 N–H and O–H groups in total. The molecular formula is C18H14ClN3O3S. The number of anilines is 1. The van der Waals surface area contributed by atoms with Crippen molar-refractivity contribution in [3.63, 3.8) is 0 Å². The lowest BCUT2D eigenvalue weighted by Crippen LogP contribution is -2.15. The number of carbonyl (C=O) groups excluding carboxylic acids is 1. The summed E-state index contributed by atoms with van der Waals surface area (Å²) in [4.78, 5) is 27.1. The van der Waals surface area contributed by atoms with E-state index in [4.69, 9.17) is 11.6 Å². The van der Waals surface area contributed by atoms with Crippen molar-refractivity contribution in [1.82, 2.24) is 4.98 Å². The van der Waals surface area contributed by atoms with Gasteiger partial charge in [-0.2, -0.15) is 0 Å². The van der Waals surface area contributed by atoms with Crippen molar-refractivity contribution < 1.29 is 9.72 Å². The van der Waals surface area contributed by atoms with Crippen LogP contribution in [0.1, 0.15) is 11.3 Å². The summed E-state index contributed by atoms with van der Waals surface area (Å²) < 4.78 is 0. The lowest BCUT2D eigenvalue weighted by Gasteiger charge is -2.07. The Morgan fingerprint density at radius 3 is 2.69 bits per heavy atom. The first-order valence-corrected chi connectivity index (χ1v) is 8.93. The van der Waals surface area contributed by atoms with Crippen molar-refractivity contribution in [3.8, 4) is 10.6 Å². The molecule has 6 nitrogen and oxygen atoms in total. The average Bonchev–Trinajstić information content (AvgIpc) is 3.05. The van der Waals surface area contributed by atoms with Gasteiger partial charge in [0.25, 0.3) is 5.69 Å². The lowest BCUT2D eigenvalue weighted by molar-refractivity contribution is -0.384. The number of hydrogen-bond donors (Lipinski definition) is 1. The lowest BCUT2D eigenvalue weighted by atomic mass is 10.1. The molecule has 0 saturated carbocycles. The van der Waals surface area contributed by atoms with Crippen LogP contribution in [-0.4, -0.2) is 15.8 Å². The Bertz CT molecular complexity index is 970. The second-order valence-electron chi connectivity index (χ2n) is 5.63. The van der Waals surface area contributed by atoms with Gasteiger partial charge in [-0.25, -0.2) is 4.98 Å². The van der Waals surface area contributed by atoms with E-state index in [0.717, 1.165) is 16.1 Å². The van der Waals surface area contributed by atoms with E-state index in [1.165, 1.54) is 23.5 Å². The molecule has 1 aromatic heterocycles. The van der Waals surface area contributed by atoms with Crippen molar-refractivity contribution in [3.05, 3.63) is 74.2 Å². The minimum absolute atomic E-state index is 0.0652. The molecule has 132 valence electrons. The average molecular weight is 388 g/mol. The van der Waals surface area contributed by atoms with E-state index >= 15 is 0 Å². The van der Waals surface area contributed by atoms with E-state index in [2.05, 4.69) is 10.3 Å². The minimum Gasteiger partial charge on any atom is -0.325 e. The molecule has 1 amide bonds. The molecule has 0 radical (unpaired) electrons. The summed E-state index contributed by atoms with van der Waals surface area (Å²) in [6, 6.07) is 11.7. The standard InChI is InChI=1S/C18H14ClN3O3S/c1-11-2-7-15(22(24)25)9-16(11)21-17(23)8-14-10-26-18(20-14)12-3-5-13(19)6-4-12/h2-7,9-10H,8H2,1H3,(H,21,23). The molecule has 0 spiro atoms. The summed E-state index contributed by atoms with van der Waals surface area (Å²) >= 11 is 7.32. The Labute approximate surface area is 158 Å². The van der Waals surface area contributed by atoms with Crippen LogP contribution < -0.4 is 5.32 Å². The summed E-state index contributed by atoms with van der Waals surface area (Å²) in [7, 11) is 0. The highest BCUT2D eigenvalue weighted by Crippen LogP contribution is 2.26. The highest BCUT2D eigenvalue weighted by Gasteiger charge is 2.13. The molecule has 0 fully saturated rings. The zero-order valence-corrected chi connectivity index (χ0v) is 15.3. The van der Waals surface area contributed by atoms with Crippen molar-refractivity contribution in [2.24, 2.45) is 0 Å². The maximum atomic E-state index is 12.3. The molecule has 1 heterocycles. The van der Waals surface area contributed by atoms with E-state index in [-0.39, 0.29) is 18.0 Å². The second-order valence-corrected chi connectivity index (χ2v) is 6.93. The van der Waals surface area contributed by atoms with Crippen molar-refractivity contribution >= 4 is 40.2 Å². The Morgan fingerprint density at radius 1 is 1.27 bits per heavy atom. The molecule has 26 heavy (non-hydrogen) atoms. The molecule has 0 aliphatic rings. The summed E-state index contributed by atoms with van der Waals surface area (Å²) in [6.07, 6.45) is 0.0895.